The van der Waals surface area contributed by atoms with E-state index in [-0.39, 0.29) is 5.92 Å². The zero-order valence-corrected chi connectivity index (χ0v) is 11.2. The van der Waals surface area contributed by atoms with Crippen molar-refractivity contribution in [2.75, 3.05) is 0 Å². The molecule has 100 valence electrons. The van der Waals surface area contributed by atoms with Gasteiger partial charge >= 0.3 is 0 Å². The third kappa shape index (κ3) is 2.39. The summed E-state index contributed by atoms with van der Waals surface area (Å²) < 4.78 is 2.26. The molecule has 2 aromatic rings. The van der Waals surface area contributed by atoms with Gasteiger partial charge in [0.15, 0.2) is 0 Å². The lowest BCUT2D eigenvalue weighted by Crippen LogP contribution is -2.11. The first-order chi connectivity index (χ1) is 9.25. The predicted molar refractivity (Wildman–Crippen MR) is 73.8 cm³/mol. The third-order valence-electron chi connectivity index (χ3n) is 4.28. The summed E-state index contributed by atoms with van der Waals surface area (Å²) in [6, 6.07) is 2.54. The van der Waals surface area contributed by atoms with E-state index < -0.39 is 0 Å². The normalized spacial score (nSPS) is 24.3. The van der Waals surface area contributed by atoms with E-state index in [1.807, 2.05) is 6.20 Å². The summed E-state index contributed by atoms with van der Waals surface area (Å²) in [5, 5.41) is 1.09. The molecule has 2 unspecified atom stereocenters. The maximum Gasteiger partial charge on any atom is 0.143 e. The largest absolute Gasteiger partial charge is 0.329 e. The first-order valence-electron chi connectivity index (χ1n) is 7.02. The molecule has 1 aliphatic carbocycles. The second-order valence-corrected chi connectivity index (χ2v) is 5.49. The van der Waals surface area contributed by atoms with Gasteiger partial charge < -0.3 is 4.57 Å². The van der Waals surface area contributed by atoms with Crippen LogP contribution in [0.25, 0.3) is 11.0 Å². The van der Waals surface area contributed by atoms with Crippen molar-refractivity contribution >= 4 is 16.8 Å². The number of ketones is 1. The summed E-state index contributed by atoms with van der Waals surface area (Å²) in [6.45, 7) is 1.73. The molecule has 0 radical (unpaired) electrons. The van der Waals surface area contributed by atoms with Gasteiger partial charge in [-0.25, -0.2) is 9.97 Å². The van der Waals surface area contributed by atoms with E-state index in [2.05, 4.69) is 26.8 Å². The zero-order valence-electron chi connectivity index (χ0n) is 11.2. The summed E-state index contributed by atoms with van der Waals surface area (Å²) in [5.74, 6) is 0.613. The minimum atomic E-state index is 0.265. The number of rotatable bonds is 2. The minimum Gasteiger partial charge on any atom is -0.329 e. The van der Waals surface area contributed by atoms with Crippen LogP contribution in [-0.2, 0) is 4.79 Å². The SMILES string of the molecule is CC(=O)C1CCCC(n2ccc3cncnc32)CC1. The van der Waals surface area contributed by atoms with Crippen LogP contribution in [0.1, 0.15) is 45.1 Å². The van der Waals surface area contributed by atoms with E-state index in [1.54, 1.807) is 13.3 Å². The van der Waals surface area contributed by atoms with E-state index in [4.69, 9.17) is 0 Å². The van der Waals surface area contributed by atoms with Crippen LogP contribution in [0.2, 0.25) is 0 Å². The van der Waals surface area contributed by atoms with E-state index in [9.17, 15) is 4.79 Å². The Morgan fingerprint density at radius 1 is 1.32 bits per heavy atom. The van der Waals surface area contributed by atoms with Gasteiger partial charge in [-0.2, -0.15) is 0 Å². The molecule has 1 saturated carbocycles. The fraction of sp³-hybridized carbons (Fsp3) is 0.533. The Morgan fingerprint density at radius 3 is 3.05 bits per heavy atom. The molecule has 1 aliphatic rings. The summed E-state index contributed by atoms with van der Waals surface area (Å²) >= 11 is 0. The molecule has 0 saturated heterocycles. The van der Waals surface area contributed by atoms with Crippen LogP contribution >= 0.6 is 0 Å². The summed E-state index contributed by atoms with van der Waals surface area (Å²) in [6.07, 6.45) is 10.9. The predicted octanol–water partition coefficient (Wildman–Crippen LogP) is 3.14. The smallest absolute Gasteiger partial charge is 0.143 e. The first kappa shape index (κ1) is 12.3. The Morgan fingerprint density at radius 2 is 2.21 bits per heavy atom. The number of hydrogen-bond acceptors (Lipinski definition) is 3. The van der Waals surface area contributed by atoms with Crippen molar-refractivity contribution in [2.45, 2.75) is 45.1 Å². The lowest BCUT2D eigenvalue weighted by molar-refractivity contribution is -0.121. The first-order valence-corrected chi connectivity index (χ1v) is 7.02. The fourth-order valence-electron chi connectivity index (χ4n) is 3.16. The molecule has 2 aromatic heterocycles. The monoisotopic (exact) mass is 257 g/mol. The van der Waals surface area contributed by atoms with Crippen LogP contribution in [0.5, 0.6) is 0 Å². The molecule has 4 nitrogen and oxygen atoms in total. The minimum absolute atomic E-state index is 0.265. The van der Waals surface area contributed by atoms with Crippen molar-refractivity contribution in [3.05, 3.63) is 24.8 Å². The standard InChI is InChI=1S/C15H19N3O/c1-11(19)12-3-2-4-14(6-5-12)18-8-7-13-9-16-10-17-15(13)18/h7-10,12,14H,2-6H2,1H3. The number of aromatic nitrogens is 3. The van der Waals surface area contributed by atoms with E-state index in [0.29, 0.717) is 11.8 Å². The Hall–Kier alpha value is -1.71. The average Bonchev–Trinajstić information content (AvgIpc) is 2.68. The van der Waals surface area contributed by atoms with Crippen LogP contribution in [0.3, 0.4) is 0 Å². The van der Waals surface area contributed by atoms with Crippen molar-refractivity contribution in [2.24, 2.45) is 5.92 Å². The van der Waals surface area contributed by atoms with Crippen LogP contribution in [0, 0.1) is 5.92 Å². The lowest BCUT2D eigenvalue weighted by Gasteiger charge is -2.17. The van der Waals surface area contributed by atoms with Crippen molar-refractivity contribution in [1.29, 1.82) is 0 Å². The molecule has 2 atom stereocenters. The Bertz CT molecular complexity index is 590. The summed E-state index contributed by atoms with van der Waals surface area (Å²) in [4.78, 5) is 20.0. The molecule has 0 amide bonds. The molecule has 0 N–H and O–H groups in total. The molecule has 0 spiro atoms. The van der Waals surface area contributed by atoms with E-state index in [1.165, 1.54) is 0 Å². The van der Waals surface area contributed by atoms with Gasteiger partial charge in [-0.3, -0.25) is 4.79 Å². The van der Waals surface area contributed by atoms with Crippen molar-refractivity contribution < 1.29 is 4.79 Å². The molecule has 0 aliphatic heterocycles. The molecule has 19 heavy (non-hydrogen) atoms. The van der Waals surface area contributed by atoms with Gasteiger partial charge in [-0.1, -0.05) is 6.42 Å². The highest BCUT2D eigenvalue weighted by molar-refractivity contribution is 5.78. The second kappa shape index (κ2) is 5.11. The van der Waals surface area contributed by atoms with E-state index in [0.717, 1.165) is 43.1 Å². The highest BCUT2D eigenvalue weighted by Gasteiger charge is 2.23. The van der Waals surface area contributed by atoms with E-state index >= 15 is 0 Å². The molecule has 0 bridgehead atoms. The van der Waals surface area contributed by atoms with Crippen molar-refractivity contribution in [3.63, 3.8) is 0 Å². The molecule has 3 rings (SSSR count). The van der Waals surface area contributed by atoms with Gasteiger partial charge in [0.2, 0.25) is 0 Å². The van der Waals surface area contributed by atoms with Crippen LogP contribution in [0.15, 0.2) is 24.8 Å². The third-order valence-corrected chi connectivity index (χ3v) is 4.28. The van der Waals surface area contributed by atoms with Crippen LogP contribution < -0.4 is 0 Å². The molecule has 2 heterocycles. The Kier molecular flexibility index (Phi) is 3.32. The number of hydrogen-bond donors (Lipinski definition) is 0. The molecule has 0 aromatic carbocycles. The van der Waals surface area contributed by atoms with Crippen LogP contribution in [-0.4, -0.2) is 20.3 Å². The average molecular weight is 257 g/mol. The lowest BCUT2D eigenvalue weighted by atomic mass is 9.96. The molecular weight excluding hydrogens is 238 g/mol. The van der Waals surface area contributed by atoms with Gasteiger partial charge in [-0.15, -0.1) is 0 Å². The Labute approximate surface area is 112 Å². The highest BCUT2D eigenvalue weighted by atomic mass is 16.1. The zero-order chi connectivity index (χ0) is 13.2. The Balaban J connectivity index is 1.84. The fourth-order valence-corrected chi connectivity index (χ4v) is 3.16. The molecule has 1 fully saturated rings. The van der Waals surface area contributed by atoms with Crippen molar-refractivity contribution in [1.82, 2.24) is 14.5 Å². The van der Waals surface area contributed by atoms with Gasteiger partial charge in [0.05, 0.1) is 0 Å². The maximum absolute atomic E-state index is 11.5. The van der Waals surface area contributed by atoms with Gasteiger partial charge in [0, 0.05) is 29.7 Å². The second-order valence-electron chi connectivity index (χ2n) is 5.49. The number of carbonyl (C=O) groups excluding carboxylic acids is 1. The number of carbonyl (C=O) groups is 1. The van der Waals surface area contributed by atoms with Gasteiger partial charge in [0.25, 0.3) is 0 Å². The summed E-state index contributed by atoms with van der Waals surface area (Å²) in [5.41, 5.74) is 1.02. The highest BCUT2D eigenvalue weighted by Crippen LogP contribution is 2.32. The van der Waals surface area contributed by atoms with Gasteiger partial charge in [0.1, 0.15) is 17.8 Å². The molecule has 4 heteroatoms. The summed E-state index contributed by atoms with van der Waals surface area (Å²) in [7, 11) is 0. The topological polar surface area (TPSA) is 47.8 Å². The number of fused-ring (bicyclic) bond motifs is 1. The van der Waals surface area contributed by atoms with Gasteiger partial charge in [-0.05, 0) is 38.7 Å². The number of Topliss-reactive ketones (excluding diaryl/α,β-unsaturated/α-hetero) is 1. The quantitative estimate of drug-likeness (QED) is 0.776. The molecular formula is C15H19N3O. The maximum atomic E-state index is 11.5. The van der Waals surface area contributed by atoms with Crippen LogP contribution in [0.4, 0.5) is 0 Å². The van der Waals surface area contributed by atoms with Crippen molar-refractivity contribution in [3.8, 4) is 0 Å². The number of nitrogens with zero attached hydrogens (tertiary/aromatic N) is 3.